The normalized spacial score (nSPS) is 27.7. The van der Waals surface area contributed by atoms with Crippen molar-refractivity contribution < 1.29 is 15.0 Å². The smallest absolute Gasteiger partial charge is 0.232 e. The summed E-state index contributed by atoms with van der Waals surface area (Å²) >= 11 is 0. The van der Waals surface area contributed by atoms with Crippen LogP contribution < -0.4 is 21.7 Å². The molecule has 1 aromatic heterocycles. The van der Waals surface area contributed by atoms with E-state index in [0.717, 1.165) is 12.1 Å². The number of carbonyl (C=O) groups excluding carboxylic acids is 1. The highest BCUT2D eigenvalue weighted by Crippen LogP contribution is 2.34. The minimum atomic E-state index is -0.794. The summed E-state index contributed by atoms with van der Waals surface area (Å²) in [5, 5.41) is 23.1. The highest BCUT2D eigenvalue weighted by atomic mass is 35.5. The van der Waals surface area contributed by atoms with Crippen molar-refractivity contribution in [1.82, 2.24) is 15.0 Å². The number of aliphatic hydroxyl groups excluding tert-OH is 2. The molecule has 2 aliphatic rings. The number of aliphatic hydroxyl groups is 2. The van der Waals surface area contributed by atoms with Crippen molar-refractivity contribution in [2.45, 2.75) is 56.4 Å². The van der Waals surface area contributed by atoms with Gasteiger partial charge in [-0.15, -0.1) is 12.4 Å². The number of nitrogens with two attached hydrogens (primary N) is 2. The molecule has 7 N–H and O–H groups in total. The fourth-order valence-electron chi connectivity index (χ4n) is 4.22. The number of ketones is 1. The first-order chi connectivity index (χ1) is 14.8. The fraction of sp³-hybridized carbons (Fsp3) is 0.524. The van der Waals surface area contributed by atoms with E-state index in [1.165, 1.54) is 6.92 Å². The maximum atomic E-state index is 11.5. The third kappa shape index (κ3) is 5.51. The number of piperidine rings is 1. The highest BCUT2D eigenvalue weighted by molar-refractivity contribution is 5.94. The van der Waals surface area contributed by atoms with Gasteiger partial charge in [0.2, 0.25) is 11.9 Å². The number of benzene rings is 1. The van der Waals surface area contributed by atoms with Crippen LogP contribution in [0.5, 0.6) is 0 Å². The maximum absolute atomic E-state index is 11.5. The molecule has 5 atom stereocenters. The van der Waals surface area contributed by atoms with E-state index in [-0.39, 0.29) is 36.2 Å². The molecular weight excluding hydrogens is 434 g/mol. The number of nitrogens with one attached hydrogen (secondary N) is 1. The summed E-state index contributed by atoms with van der Waals surface area (Å²) in [5.74, 6) is 1.14. The third-order valence-corrected chi connectivity index (χ3v) is 5.85. The van der Waals surface area contributed by atoms with Gasteiger partial charge in [0.25, 0.3) is 0 Å². The first-order valence-electron chi connectivity index (χ1n) is 10.5. The Morgan fingerprint density at radius 2 is 1.59 bits per heavy atom. The maximum Gasteiger partial charge on any atom is 0.232 e. The molecule has 1 saturated carbocycles. The first kappa shape index (κ1) is 24.3. The van der Waals surface area contributed by atoms with Gasteiger partial charge in [0.15, 0.2) is 5.78 Å². The highest BCUT2D eigenvalue weighted by Gasteiger charge is 2.35. The van der Waals surface area contributed by atoms with Crippen molar-refractivity contribution in [3.05, 3.63) is 35.7 Å². The average Bonchev–Trinajstić information content (AvgIpc) is 3.06. The van der Waals surface area contributed by atoms with Crippen LogP contribution in [0.15, 0.2) is 24.3 Å². The number of hydrogen-bond donors (Lipinski definition) is 5. The molecule has 1 saturated heterocycles. The van der Waals surface area contributed by atoms with Crippen LogP contribution in [0.25, 0.3) is 0 Å². The minimum absolute atomic E-state index is 0. The van der Waals surface area contributed by atoms with Crippen LogP contribution in [0.1, 0.15) is 48.3 Å². The molecule has 2 fully saturated rings. The summed E-state index contributed by atoms with van der Waals surface area (Å²) in [4.78, 5) is 27.2. The van der Waals surface area contributed by atoms with Gasteiger partial charge in [0.1, 0.15) is 5.82 Å². The Morgan fingerprint density at radius 1 is 1.00 bits per heavy atom. The third-order valence-electron chi connectivity index (χ3n) is 5.85. The van der Waals surface area contributed by atoms with Crippen LogP contribution in [0.4, 0.5) is 17.6 Å². The Labute approximate surface area is 192 Å². The number of Topliss-reactive ketones (excluding diaryl/α,β-unsaturated/α-hetero) is 1. The number of carbonyl (C=O) groups is 1. The summed E-state index contributed by atoms with van der Waals surface area (Å²) < 4.78 is 0. The predicted molar refractivity (Wildman–Crippen MR) is 124 cm³/mol. The Kier molecular flexibility index (Phi) is 7.63. The van der Waals surface area contributed by atoms with Crippen LogP contribution in [0.2, 0.25) is 0 Å². The lowest BCUT2D eigenvalue weighted by molar-refractivity contribution is 0.0438. The van der Waals surface area contributed by atoms with Crippen molar-refractivity contribution in [2.75, 3.05) is 23.3 Å². The summed E-state index contributed by atoms with van der Waals surface area (Å²) in [7, 11) is 0. The lowest BCUT2D eigenvalue weighted by Crippen LogP contribution is -2.53. The Morgan fingerprint density at radius 3 is 2.16 bits per heavy atom. The van der Waals surface area contributed by atoms with Gasteiger partial charge in [-0.3, -0.25) is 4.79 Å². The predicted octanol–water partition coefficient (Wildman–Crippen LogP) is 0.704. The zero-order valence-electron chi connectivity index (χ0n) is 17.9. The van der Waals surface area contributed by atoms with E-state index in [1.54, 1.807) is 24.3 Å². The monoisotopic (exact) mass is 463 g/mol. The summed E-state index contributed by atoms with van der Waals surface area (Å²) in [6, 6.07) is 6.90. The lowest BCUT2D eigenvalue weighted by Gasteiger charge is -2.34. The van der Waals surface area contributed by atoms with Gasteiger partial charge in [0, 0.05) is 42.3 Å². The van der Waals surface area contributed by atoms with Crippen LogP contribution in [0, 0.1) is 0 Å². The Hall–Kier alpha value is -2.37. The summed E-state index contributed by atoms with van der Waals surface area (Å²) in [6.45, 7) is 2.69. The molecule has 0 amide bonds. The molecule has 10 nitrogen and oxygen atoms in total. The zero-order chi connectivity index (χ0) is 22.1. The minimum Gasteiger partial charge on any atom is -0.390 e. The largest absolute Gasteiger partial charge is 0.390 e. The molecule has 1 aliphatic heterocycles. The van der Waals surface area contributed by atoms with Gasteiger partial charge in [-0.2, -0.15) is 15.0 Å². The molecule has 1 aromatic carbocycles. The molecule has 0 spiro atoms. The van der Waals surface area contributed by atoms with E-state index >= 15 is 0 Å². The molecule has 4 rings (SSSR count). The number of rotatable bonds is 5. The van der Waals surface area contributed by atoms with E-state index in [2.05, 4.69) is 20.3 Å². The van der Waals surface area contributed by atoms with Crippen molar-refractivity contribution >= 4 is 35.8 Å². The van der Waals surface area contributed by atoms with Crippen LogP contribution in [-0.2, 0) is 0 Å². The van der Waals surface area contributed by atoms with Crippen molar-refractivity contribution in [3.8, 4) is 0 Å². The second kappa shape index (κ2) is 10.1. The van der Waals surface area contributed by atoms with Crippen molar-refractivity contribution in [1.29, 1.82) is 0 Å². The number of anilines is 3. The number of halogens is 1. The quantitative estimate of drug-likeness (QED) is 0.398. The van der Waals surface area contributed by atoms with Crippen LogP contribution in [-0.4, -0.2) is 68.3 Å². The standard InChI is InChI=1S/C21H29N7O3.ClH/c1-11(29)12-2-4-16(5-3-12)24-20-25-19(13-6-17(30)18(31)7-13)26-21(27-20)28-9-14(22)8-15(23)10-28;/h2-5,13-15,17-18,30-31H,6-10,22-23H2,1H3,(H,24,25,26,27);1H/t13?,14-,15+,17-,18+;. The fourth-order valence-corrected chi connectivity index (χ4v) is 4.22. The van der Waals surface area contributed by atoms with E-state index in [4.69, 9.17) is 11.5 Å². The lowest BCUT2D eigenvalue weighted by atomic mass is 10.0. The van der Waals surface area contributed by atoms with Gasteiger partial charge < -0.3 is 31.9 Å². The van der Waals surface area contributed by atoms with Crippen molar-refractivity contribution in [3.63, 3.8) is 0 Å². The van der Waals surface area contributed by atoms with E-state index in [1.807, 2.05) is 4.90 Å². The molecule has 1 unspecified atom stereocenters. The van der Waals surface area contributed by atoms with Crippen LogP contribution >= 0.6 is 12.4 Å². The number of nitrogens with zero attached hydrogens (tertiary/aromatic N) is 4. The van der Waals surface area contributed by atoms with Gasteiger partial charge in [-0.25, -0.2) is 0 Å². The number of hydrogen-bond acceptors (Lipinski definition) is 10. The topological polar surface area (TPSA) is 164 Å². The van der Waals surface area contributed by atoms with Gasteiger partial charge in [-0.1, -0.05) is 0 Å². The molecule has 11 heteroatoms. The molecule has 1 aliphatic carbocycles. The van der Waals surface area contributed by atoms with Gasteiger partial charge >= 0.3 is 0 Å². The second-order valence-electron chi connectivity index (χ2n) is 8.54. The van der Waals surface area contributed by atoms with Gasteiger partial charge in [-0.05, 0) is 50.5 Å². The SMILES string of the molecule is CC(=O)c1ccc(Nc2nc(C3C[C@@H](O)[C@@H](O)C3)nc(N3C[C@H](N)C[C@H](N)C3)n2)cc1.Cl. The molecule has 2 heterocycles. The van der Waals surface area contributed by atoms with Crippen molar-refractivity contribution in [2.24, 2.45) is 11.5 Å². The summed E-state index contributed by atoms with van der Waals surface area (Å²) in [5.41, 5.74) is 13.6. The molecule has 174 valence electrons. The first-order valence-corrected chi connectivity index (χ1v) is 10.5. The van der Waals surface area contributed by atoms with E-state index < -0.39 is 12.2 Å². The number of aromatic nitrogens is 3. The van der Waals surface area contributed by atoms with E-state index in [9.17, 15) is 15.0 Å². The Balaban J connectivity index is 0.00000289. The zero-order valence-corrected chi connectivity index (χ0v) is 18.7. The van der Waals surface area contributed by atoms with Crippen LogP contribution in [0.3, 0.4) is 0 Å². The molecule has 0 bridgehead atoms. The van der Waals surface area contributed by atoms with E-state index in [0.29, 0.717) is 49.2 Å². The summed E-state index contributed by atoms with van der Waals surface area (Å²) in [6.07, 6.45) is -0.0780. The molecular formula is C21H30ClN7O3. The van der Waals surface area contributed by atoms with Gasteiger partial charge in [0.05, 0.1) is 12.2 Å². The second-order valence-corrected chi connectivity index (χ2v) is 8.54. The molecule has 0 radical (unpaired) electrons. The Bertz CT molecular complexity index is 925. The molecule has 2 aromatic rings. The molecule has 32 heavy (non-hydrogen) atoms. The average molecular weight is 464 g/mol.